The van der Waals surface area contributed by atoms with Crippen LogP contribution in [0.2, 0.25) is 5.02 Å². The maximum atomic E-state index is 13.1. The lowest BCUT2D eigenvalue weighted by Crippen LogP contribution is -2.51. The van der Waals surface area contributed by atoms with Gasteiger partial charge in [0, 0.05) is 37.8 Å². The highest BCUT2D eigenvalue weighted by Crippen LogP contribution is 2.21. The van der Waals surface area contributed by atoms with Crippen molar-refractivity contribution in [1.82, 2.24) is 9.80 Å². The van der Waals surface area contributed by atoms with Gasteiger partial charge in [0.05, 0.1) is 5.02 Å². The minimum Gasteiger partial charge on any atom is -0.484 e. The van der Waals surface area contributed by atoms with E-state index in [2.05, 4.69) is 0 Å². The van der Waals surface area contributed by atoms with E-state index < -0.39 is 5.82 Å². The van der Waals surface area contributed by atoms with Gasteiger partial charge in [0.15, 0.2) is 6.61 Å². The van der Waals surface area contributed by atoms with E-state index in [0.29, 0.717) is 37.5 Å². The highest BCUT2D eigenvalue weighted by molar-refractivity contribution is 6.30. The van der Waals surface area contributed by atoms with Crippen molar-refractivity contribution in [1.29, 1.82) is 0 Å². The number of halogens is 2. The van der Waals surface area contributed by atoms with Gasteiger partial charge in [0.1, 0.15) is 11.6 Å². The van der Waals surface area contributed by atoms with Crippen LogP contribution in [0.3, 0.4) is 0 Å². The van der Waals surface area contributed by atoms with Crippen LogP contribution < -0.4 is 4.74 Å². The summed E-state index contributed by atoms with van der Waals surface area (Å²) in [6.45, 7) is 1.69. The van der Waals surface area contributed by atoms with Crippen LogP contribution in [0, 0.1) is 5.82 Å². The van der Waals surface area contributed by atoms with E-state index in [-0.39, 0.29) is 23.4 Å². The van der Waals surface area contributed by atoms with Crippen LogP contribution in [0.1, 0.15) is 10.4 Å². The summed E-state index contributed by atoms with van der Waals surface area (Å²) in [5.74, 6) is -0.417. The summed E-state index contributed by atoms with van der Waals surface area (Å²) in [4.78, 5) is 28.0. The zero-order chi connectivity index (χ0) is 18.5. The molecule has 0 aliphatic carbocycles. The Bertz CT molecular complexity index is 793. The molecule has 2 aromatic rings. The van der Waals surface area contributed by atoms with Crippen molar-refractivity contribution < 1.29 is 18.7 Å². The number of carbonyl (C=O) groups is 2. The van der Waals surface area contributed by atoms with Crippen molar-refractivity contribution in [2.45, 2.75) is 0 Å². The molecule has 5 nitrogen and oxygen atoms in total. The van der Waals surface area contributed by atoms with Gasteiger partial charge in [-0.1, -0.05) is 29.8 Å². The number of carbonyl (C=O) groups excluding carboxylic acids is 2. The van der Waals surface area contributed by atoms with E-state index in [1.165, 1.54) is 18.2 Å². The van der Waals surface area contributed by atoms with Gasteiger partial charge >= 0.3 is 0 Å². The van der Waals surface area contributed by atoms with Crippen LogP contribution >= 0.6 is 11.6 Å². The first-order chi connectivity index (χ1) is 12.5. The van der Waals surface area contributed by atoms with Gasteiger partial charge in [-0.2, -0.15) is 0 Å². The van der Waals surface area contributed by atoms with Gasteiger partial charge in [-0.25, -0.2) is 4.39 Å². The molecule has 0 radical (unpaired) electrons. The Balaban J connectivity index is 1.49. The molecule has 0 spiro atoms. The lowest BCUT2D eigenvalue weighted by molar-refractivity contribution is -0.134. The molecule has 0 aromatic heterocycles. The zero-order valence-electron chi connectivity index (χ0n) is 14.0. The first-order valence-corrected chi connectivity index (χ1v) is 8.62. The second-order valence-electron chi connectivity index (χ2n) is 5.90. The van der Waals surface area contributed by atoms with Crippen LogP contribution in [0.15, 0.2) is 48.5 Å². The number of rotatable bonds is 4. The molecule has 0 unspecified atom stereocenters. The van der Waals surface area contributed by atoms with Gasteiger partial charge in [0.2, 0.25) is 0 Å². The minimum absolute atomic E-state index is 0.0325. The Morgan fingerprint density at radius 2 is 1.65 bits per heavy atom. The van der Waals surface area contributed by atoms with Gasteiger partial charge < -0.3 is 14.5 Å². The van der Waals surface area contributed by atoms with Crippen LogP contribution in [0.25, 0.3) is 0 Å². The second kappa shape index (κ2) is 8.19. The molecule has 1 heterocycles. The lowest BCUT2D eigenvalue weighted by atomic mass is 10.2. The molecule has 1 saturated heterocycles. The summed E-state index contributed by atoms with van der Waals surface area (Å²) in [7, 11) is 0. The number of amides is 2. The van der Waals surface area contributed by atoms with Crippen LogP contribution in [-0.2, 0) is 4.79 Å². The summed E-state index contributed by atoms with van der Waals surface area (Å²) in [6, 6.07) is 13.0. The van der Waals surface area contributed by atoms with E-state index in [0.717, 1.165) is 0 Å². The van der Waals surface area contributed by atoms with Crippen LogP contribution in [0.4, 0.5) is 4.39 Å². The Morgan fingerprint density at radius 1 is 1.00 bits per heavy atom. The minimum atomic E-state index is -0.537. The molecule has 2 amide bonds. The fraction of sp³-hybridized carbons (Fsp3) is 0.263. The van der Waals surface area contributed by atoms with E-state index >= 15 is 0 Å². The predicted octanol–water partition coefficient (Wildman–Crippen LogP) is 2.84. The second-order valence-corrected chi connectivity index (χ2v) is 6.31. The average molecular weight is 377 g/mol. The molecule has 0 atom stereocenters. The molecule has 1 aliphatic rings. The zero-order valence-corrected chi connectivity index (χ0v) is 14.8. The first kappa shape index (κ1) is 18.2. The Morgan fingerprint density at radius 3 is 2.31 bits per heavy atom. The molecule has 7 heteroatoms. The van der Waals surface area contributed by atoms with Crippen molar-refractivity contribution in [3.05, 3.63) is 64.9 Å². The molecular weight excluding hydrogens is 359 g/mol. The van der Waals surface area contributed by atoms with Gasteiger partial charge in [-0.15, -0.1) is 0 Å². The molecule has 26 heavy (non-hydrogen) atoms. The SMILES string of the molecule is O=C(COc1ccc(F)c(Cl)c1)N1CCN(C(=O)c2ccccc2)CC1. The normalized spacial score (nSPS) is 14.2. The first-order valence-electron chi connectivity index (χ1n) is 8.24. The highest BCUT2D eigenvalue weighted by atomic mass is 35.5. The van der Waals surface area contributed by atoms with E-state index in [4.69, 9.17) is 16.3 Å². The summed E-state index contributed by atoms with van der Waals surface area (Å²) >= 11 is 5.69. The fourth-order valence-electron chi connectivity index (χ4n) is 2.73. The number of ether oxygens (including phenoxy) is 1. The third-order valence-electron chi connectivity index (χ3n) is 4.19. The van der Waals surface area contributed by atoms with Crippen LogP contribution in [-0.4, -0.2) is 54.4 Å². The molecule has 1 fully saturated rings. The van der Waals surface area contributed by atoms with Crippen molar-refractivity contribution in [2.24, 2.45) is 0 Å². The third-order valence-corrected chi connectivity index (χ3v) is 4.48. The van der Waals surface area contributed by atoms with Gasteiger partial charge in [-0.3, -0.25) is 9.59 Å². The Labute approximate surface area is 155 Å². The van der Waals surface area contributed by atoms with E-state index in [1.807, 2.05) is 18.2 Å². The smallest absolute Gasteiger partial charge is 0.260 e. The summed E-state index contributed by atoms with van der Waals surface area (Å²) in [6.07, 6.45) is 0. The fourth-order valence-corrected chi connectivity index (χ4v) is 2.90. The third kappa shape index (κ3) is 4.32. The maximum Gasteiger partial charge on any atom is 0.260 e. The summed E-state index contributed by atoms with van der Waals surface area (Å²) in [5, 5.41) is -0.0528. The summed E-state index contributed by atoms with van der Waals surface area (Å²) in [5.41, 5.74) is 0.642. The van der Waals surface area contributed by atoms with Crippen molar-refractivity contribution in [3.63, 3.8) is 0 Å². The molecule has 2 aromatic carbocycles. The topological polar surface area (TPSA) is 49.9 Å². The molecule has 1 aliphatic heterocycles. The quantitative estimate of drug-likeness (QED) is 0.824. The summed E-state index contributed by atoms with van der Waals surface area (Å²) < 4.78 is 18.5. The Kier molecular flexibility index (Phi) is 5.73. The van der Waals surface area contributed by atoms with Crippen molar-refractivity contribution in [2.75, 3.05) is 32.8 Å². The Hall–Kier alpha value is -2.60. The number of benzene rings is 2. The number of hydrogen-bond donors (Lipinski definition) is 0. The molecular formula is C19H18ClFN2O3. The molecule has 0 N–H and O–H groups in total. The average Bonchev–Trinajstić information content (AvgIpc) is 2.69. The largest absolute Gasteiger partial charge is 0.484 e. The van der Waals surface area contributed by atoms with E-state index in [1.54, 1.807) is 21.9 Å². The number of nitrogens with zero attached hydrogens (tertiary/aromatic N) is 2. The molecule has 3 rings (SSSR count). The van der Waals surface area contributed by atoms with Crippen LogP contribution in [0.5, 0.6) is 5.75 Å². The predicted molar refractivity (Wildman–Crippen MR) is 95.8 cm³/mol. The highest BCUT2D eigenvalue weighted by Gasteiger charge is 2.25. The van der Waals surface area contributed by atoms with Gasteiger partial charge in [0.25, 0.3) is 11.8 Å². The monoisotopic (exact) mass is 376 g/mol. The van der Waals surface area contributed by atoms with Crippen molar-refractivity contribution in [3.8, 4) is 5.75 Å². The van der Waals surface area contributed by atoms with Gasteiger partial charge in [-0.05, 0) is 24.3 Å². The number of hydrogen-bond acceptors (Lipinski definition) is 3. The molecule has 0 bridgehead atoms. The molecule has 0 saturated carbocycles. The van der Waals surface area contributed by atoms with E-state index in [9.17, 15) is 14.0 Å². The number of piperazine rings is 1. The molecule has 136 valence electrons. The standard InChI is InChI=1S/C19H18ClFN2O3/c20-16-12-15(6-7-17(16)21)26-13-18(24)22-8-10-23(11-9-22)19(25)14-4-2-1-3-5-14/h1-7,12H,8-11,13H2. The maximum absolute atomic E-state index is 13.1. The van der Waals surface area contributed by atoms with Crippen molar-refractivity contribution >= 4 is 23.4 Å². The lowest BCUT2D eigenvalue weighted by Gasteiger charge is -2.34.